The van der Waals surface area contributed by atoms with Gasteiger partial charge in [-0.2, -0.15) is 0 Å². The van der Waals surface area contributed by atoms with Crippen LogP contribution in [0.25, 0.3) is 21.1 Å². The van der Waals surface area contributed by atoms with Gasteiger partial charge in [-0.25, -0.2) is 4.68 Å². The van der Waals surface area contributed by atoms with Crippen LogP contribution in [0, 0.1) is 6.92 Å². The van der Waals surface area contributed by atoms with Gasteiger partial charge < -0.3 is 15.3 Å². The normalized spacial score (nSPS) is 13.2. The Bertz CT molecular complexity index is 1270. The number of benzene rings is 2. The number of hydrogen-bond acceptors (Lipinski definition) is 6. The van der Waals surface area contributed by atoms with Crippen LogP contribution in [0.15, 0.2) is 35.7 Å². The lowest BCUT2D eigenvalue weighted by molar-refractivity contribution is -0.137. The van der Waals surface area contributed by atoms with Crippen LogP contribution in [0.1, 0.15) is 48.4 Å². The lowest BCUT2D eigenvalue weighted by atomic mass is 9.84. The van der Waals surface area contributed by atoms with Crippen molar-refractivity contribution in [1.82, 2.24) is 15.0 Å². The zero-order valence-electron chi connectivity index (χ0n) is 17.7. The number of aliphatic carboxylic acids is 1. The van der Waals surface area contributed by atoms with E-state index in [1.54, 1.807) is 29.9 Å². The molecule has 0 aliphatic heterocycles. The summed E-state index contributed by atoms with van der Waals surface area (Å²) in [4.78, 5) is 11.8. The Labute approximate surface area is 183 Å². The first kappa shape index (κ1) is 21.4. The van der Waals surface area contributed by atoms with Gasteiger partial charge in [-0.3, -0.25) is 4.79 Å². The van der Waals surface area contributed by atoms with Crippen molar-refractivity contribution in [1.29, 1.82) is 0 Å². The monoisotopic (exact) mass is 439 g/mol. The molecule has 8 heteroatoms. The van der Waals surface area contributed by atoms with Crippen LogP contribution in [0.2, 0.25) is 0 Å². The maximum Gasteiger partial charge on any atom is 0.304 e. The Balaban J connectivity index is 1.85. The van der Waals surface area contributed by atoms with E-state index in [9.17, 15) is 20.1 Å². The first-order chi connectivity index (χ1) is 14.7. The molecule has 0 saturated heterocycles. The fourth-order valence-electron chi connectivity index (χ4n) is 4.13. The van der Waals surface area contributed by atoms with Crippen molar-refractivity contribution in [2.75, 3.05) is 0 Å². The molecule has 1 unspecified atom stereocenters. The third kappa shape index (κ3) is 4.19. The summed E-state index contributed by atoms with van der Waals surface area (Å²) in [6, 6.07) is 9.70. The Kier molecular flexibility index (Phi) is 5.55. The number of nitrogens with zero attached hydrogens (tertiary/aromatic N) is 3. The van der Waals surface area contributed by atoms with Crippen LogP contribution in [0.4, 0.5) is 0 Å². The number of aliphatic hydroxyl groups is 2. The zero-order valence-corrected chi connectivity index (χ0v) is 18.5. The first-order valence-corrected chi connectivity index (χ1v) is 10.9. The van der Waals surface area contributed by atoms with Gasteiger partial charge in [0.15, 0.2) is 0 Å². The number of carbonyl (C=O) groups is 1. The van der Waals surface area contributed by atoms with Gasteiger partial charge in [0.1, 0.15) is 5.52 Å². The topological polar surface area (TPSA) is 108 Å². The van der Waals surface area contributed by atoms with Crippen molar-refractivity contribution in [3.8, 4) is 0 Å². The first-order valence-electron chi connectivity index (χ1n) is 10.1. The van der Waals surface area contributed by atoms with E-state index in [-0.39, 0.29) is 13.0 Å². The number of carboxylic acid groups (broad SMARTS) is 1. The molecule has 1 atom stereocenters. The smallest absolute Gasteiger partial charge is 0.304 e. The van der Waals surface area contributed by atoms with E-state index in [1.165, 1.54) is 0 Å². The van der Waals surface area contributed by atoms with E-state index in [1.807, 2.05) is 42.6 Å². The number of aliphatic hydroxyl groups excluding tert-OH is 1. The second-order valence-corrected chi connectivity index (χ2v) is 9.45. The molecule has 4 rings (SSSR count). The number of aromatic nitrogens is 3. The Morgan fingerprint density at radius 1 is 1.26 bits per heavy atom. The second-order valence-electron chi connectivity index (χ2n) is 8.53. The van der Waals surface area contributed by atoms with E-state index in [0.29, 0.717) is 12.1 Å². The van der Waals surface area contributed by atoms with Crippen molar-refractivity contribution < 1.29 is 20.1 Å². The minimum absolute atomic E-state index is 0.0787. The fourth-order valence-corrected chi connectivity index (χ4v) is 5.01. The average molecular weight is 440 g/mol. The summed E-state index contributed by atoms with van der Waals surface area (Å²) < 4.78 is 2.68. The summed E-state index contributed by atoms with van der Waals surface area (Å²) >= 11 is 1.56. The molecule has 4 aromatic rings. The predicted molar refractivity (Wildman–Crippen MR) is 120 cm³/mol. The van der Waals surface area contributed by atoms with Crippen molar-refractivity contribution in [2.24, 2.45) is 0 Å². The van der Waals surface area contributed by atoms with Crippen molar-refractivity contribution in [2.45, 2.75) is 51.9 Å². The highest BCUT2D eigenvalue weighted by molar-refractivity contribution is 7.17. The second kappa shape index (κ2) is 8.03. The number of aryl methyl sites for hydroxylation is 1. The van der Waals surface area contributed by atoms with Gasteiger partial charge in [0.05, 0.1) is 30.7 Å². The molecule has 162 valence electrons. The molecule has 0 saturated carbocycles. The SMILES string of the molecule is Cc1c(C(CC(=O)O)c2cc(CO)c3sccc3c2)ccc2c1nnn2CC(C)(C)O. The van der Waals surface area contributed by atoms with Crippen LogP contribution in [0.3, 0.4) is 0 Å². The van der Waals surface area contributed by atoms with Gasteiger partial charge in [0.25, 0.3) is 0 Å². The summed E-state index contributed by atoms with van der Waals surface area (Å²) in [5.41, 5.74) is 3.93. The molecule has 0 aliphatic rings. The quantitative estimate of drug-likeness (QED) is 0.404. The maximum absolute atomic E-state index is 11.8. The minimum Gasteiger partial charge on any atom is -0.481 e. The molecule has 0 radical (unpaired) electrons. The Hall–Kier alpha value is -2.81. The highest BCUT2D eigenvalue weighted by Crippen LogP contribution is 2.37. The predicted octanol–water partition coefficient (Wildman–Crippen LogP) is 3.82. The number of carboxylic acids is 1. The largest absolute Gasteiger partial charge is 0.481 e. The maximum atomic E-state index is 11.8. The molecule has 0 fully saturated rings. The third-order valence-corrected chi connectivity index (χ3v) is 6.50. The number of thiophene rings is 1. The van der Waals surface area contributed by atoms with Crippen LogP contribution in [-0.4, -0.2) is 41.9 Å². The van der Waals surface area contributed by atoms with Crippen LogP contribution >= 0.6 is 11.3 Å². The lowest BCUT2D eigenvalue weighted by Gasteiger charge is -2.20. The van der Waals surface area contributed by atoms with Gasteiger partial charge in [-0.1, -0.05) is 17.3 Å². The molecule has 2 heterocycles. The Morgan fingerprint density at radius 3 is 2.71 bits per heavy atom. The molecule has 2 aromatic carbocycles. The van der Waals surface area contributed by atoms with Crippen molar-refractivity contribution >= 4 is 38.4 Å². The van der Waals surface area contributed by atoms with E-state index in [4.69, 9.17) is 0 Å². The zero-order chi connectivity index (χ0) is 22.3. The van der Waals surface area contributed by atoms with Crippen LogP contribution in [-0.2, 0) is 17.9 Å². The molecule has 2 aromatic heterocycles. The highest BCUT2D eigenvalue weighted by atomic mass is 32.1. The summed E-state index contributed by atoms with van der Waals surface area (Å²) in [6.45, 7) is 5.54. The molecule has 31 heavy (non-hydrogen) atoms. The molecule has 7 nitrogen and oxygen atoms in total. The summed E-state index contributed by atoms with van der Waals surface area (Å²) in [5, 5.41) is 41.1. The van der Waals surface area contributed by atoms with Crippen LogP contribution in [0.5, 0.6) is 0 Å². The molecular weight excluding hydrogens is 414 g/mol. The van der Waals surface area contributed by atoms with Gasteiger partial charge >= 0.3 is 5.97 Å². The van der Waals surface area contributed by atoms with Crippen molar-refractivity contribution in [3.63, 3.8) is 0 Å². The van der Waals surface area contributed by atoms with Gasteiger partial charge in [-0.05, 0) is 72.0 Å². The number of rotatable bonds is 7. The number of hydrogen-bond donors (Lipinski definition) is 3. The molecule has 0 bridgehead atoms. The van der Waals surface area contributed by atoms with Gasteiger partial charge in [-0.15, -0.1) is 16.4 Å². The van der Waals surface area contributed by atoms with Gasteiger partial charge in [0.2, 0.25) is 0 Å². The average Bonchev–Trinajstić information content (AvgIpc) is 3.32. The molecule has 0 spiro atoms. The third-order valence-electron chi connectivity index (χ3n) is 5.50. The van der Waals surface area contributed by atoms with E-state index >= 15 is 0 Å². The highest BCUT2D eigenvalue weighted by Gasteiger charge is 2.24. The summed E-state index contributed by atoms with van der Waals surface area (Å²) in [5.74, 6) is -1.29. The standard InChI is InChI=1S/C23H25N3O4S/c1-13-17(4-5-19-21(13)24-25-26(19)12-23(2,3)30)18(10-20(28)29)15-8-14-6-7-31-22(14)16(9-15)11-27/h4-9,18,27,30H,10-12H2,1-3H3,(H,28,29). The van der Waals surface area contributed by atoms with Gasteiger partial charge in [0, 0.05) is 10.6 Å². The molecule has 0 amide bonds. The number of fused-ring (bicyclic) bond motifs is 2. The van der Waals surface area contributed by atoms with E-state index in [0.717, 1.165) is 37.9 Å². The Morgan fingerprint density at radius 2 is 2.03 bits per heavy atom. The van der Waals surface area contributed by atoms with E-state index < -0.39 is 17.5 Å². The van der Waals surface area contributed by atoms with Crippen molar-refractivity contribution in [3.05, 3.63) is 58.0 Å². The lowest BCUT2D eigenvalue weighted by Crippen LogP contribution is -2.26. The summed E-state index contributed by atoms with van der Waals surface area (Å²) in [6.07, 6.45) is -0.0787. The van der Waals surface area contributed by atoms with Crippen LogP contribution < -0.4 is 0 Å². The van der Waals surface area contributed by atoms with E-state index in [2.05, 4.69) is 10.3 Å². The summed E-state index contributed by atoms with van der Waals surface area (Å²) in [7, 11) is 0. The molecule has 3 N–H and O–H groups in total. The molecular formula is C23H25N3O4S. The minimum atomic E-state index is -0.935. The fraction of sp³-hybridized carbons (Fsp3) is 0.348. The molecule has 0 aliphatic carbocycles.